The molecule has 2 nitrogen and oxygen atoms in total. The van der Waals surface area contributed by atoms with Crippen LogP contribution in [0.1, 0.15) is 11.7 Å². The topological polar surface area (TPSA) is 29.5 Å². The van der Waals surface area contributed by atoms with Crippen molar-refractivity contribution in [1.29, 1.82) is 0 Å². The average Bonchev–Trinajstić information content (AvgIpc) is 2.49. The number of rotatable bonds is 1. The minimum absolute atomic E-state index is 0. The van der Waals surface area contributed by atoms with Crippen LogP contribution < -0.4 is 17.0 Å². The molecule has 1 aromatic carbocycles. The van der Waals surface area contributed by atoms with Gasteiger partial charge >= 0.3 is 27.7 Å². The molecule has 1 aliphatic heterocycles. The van der Waals surface area contributed by atoms with Crippen molar-refractivity contribution in [3.63, 3.8) is 0 Å². The molecule has 2 rings (SSSR count). The Bertz CT molecular complexity index is 281. The maximum absolute atomic E-state index is 9.44. The van der Waals surface area contributed by atoms with Gasteiger partial charge < -0.3 is 26.8 Å². The standard InChI is InChI=1S/C11H13O2.BrH.Hg/c1-8-10(12)7-13-11(8)9-5-3-2-4-6-9;;/h2-6,8,10-12H,1,7H2;1H;/q;;+1/p-1/t8-,10-,11+;;/m0../s1. The Morgan fingerprint density at radius 3 is 2.33 bits per heavy atom. The molecule has 1 aromatic rings. The zero-order chi connectivity index (χ0) is 9.26. The maximum atomic E-state index is 9.44. The van der Waals surface area contributed by atoms with E-state index >= 15 is 0 Å². The summed E-state index contributed by atoms with van der Waals surface area (Å²) in [5, 5.41) is 9.44. The summed E-state index contributed by atoms with van der Waals surface area (Å²) < 4.78 is 5.45. The van der Waals surface area contributed by atoms with Crippen LogP contribution in [0.3, 0.4) is 0 Å². The van der Waals surface area contributed by atoms with E-state index in [1.54, 1.807) is 0 Å². The molecule has 2 radical (unpaired) electrons. The van der Waals surface area contributed by atoms with Gasteiger partial charge in [-0.25, -0.2) is 0 Å². The number of benzene rings is 1. The van der Waals surface area contributed by atoms with E-state index < -0.39 is 6.10 Å². The van der Waals surface area contributed by atoms with Crippen molar-refractivity contribution in [2.75, 3.05) is 6.61 Å². The molecule has 1 aliphatic rings. The van der Waals surface area contributed by atoms with Gasteiger partial charge in [-0.1, -0.05) is 30.3 Å². The van der Waals surface area contributed by atoms with Gasteiger partial charge in [-0.05, 0) is 12.5 Å². The van der Waals surface area contributed by atoms with Gasteiger partial charge in [0.15, 0.2) is 0 Å². The predicted molar refractivity (Wildman–Crippen MR) is 50.0 cm³/mol. The summed E-state index contributed by atoms with van der Waals surface area (Å²) in [4.78, 5) is 0. The molecule has 0 saturated carbocycles. The quantitative estimate of drug-likeness (QED) is 0.524. The van der Waals surface area contributed by atoms with Crippen LogP contribution in [0, 0.1) is 12.8 Å². The van der Waals surface area contributed by atoms with Gasteiger partial charge in [0.2, 0.25) is 0 Å². The fourth-order valence-corrected chi connectivity index (χ4v) is 1.64. The van der Waals surface area contributed by atoms with E-state index in [-0.39, 0.29) is 56.7 Å². The van der Waals surface area contributed by atoms with E-state index in [1.807, 2.05) is 30.3 Å². The zero-order valence-electron chi connectivity index (χ0n) is 8.47. The Hall–Kier alpha value is 0.555. The van der Waals surface area contributed by atoms with Crippen LogP contribution in [0.15, 0.2) is 30.3 Å². The van der Waals surface area contributed by atoms with Crippen molar-refractivity contribution in [2.45, 2.75) is 12.2 Å². The van der Waals surface area contributed by atoms with Crippen molar-refractivity contribution in [3.05, 3.63) is 42.8 Å². The first-order chi connectivity index (χ1) is 6.29. The van der Waals surface area contributed by atoms with Gasteiger partial charge in [0, 0.05) is 5.92 Å². The molecule has 78 valence electrons. The summed E-state index contributed by atoms with van der Waals surface area (Å²) in [6, 6.07) is 9.90. The van der Waals surface area contributed by atoms with E-state index in [4.69, 9.17) is 4.74 Å². The number of aliphatic hydroxyl groups is 1. The first-order valence-corrected chi connectivity index (χ1v) is 4.47. The van der Waals surface area contributed by atoms with Crippen LogP contribution in [-0.2, 0) is 32.4 Å². The molecular formula is C11H13BrHgO2. The molecule has 0 aliphatic carbocycles. The molecule has 0 unspecified atom stereocenters. The second kappa shape index (κ2) is 6.99. The van der Waals surface area contributed by atoms with Crippen LogP contribution >= 0.6 is 0 Å². The van der Waals surface area contributed by atoms with Gasteiger partial charge in [0.25, 0.3) is 0 Å². The molecule has 1 saturated heterocycles. The summed E-state index contributed by atoms with van der Waals surface area (Å²) in [5.41, 5.74) is 1.10. The number of hydrogen-bond acceptors (Lipinski definition) is 2. The number of aliphatic hydroxyl groups excluding tert-OH is 1. The number of hydrogen-bond donors (Lipinski definition) is 1. The molecule has 1 fully saturated rings. The van der Waals surface area contributed by atoms with Crippen LogP contribution in [0.5, 0.6) is 0 Å². The summed E-state index contributed by atoms with van der Waals surface area (Å²) in [6.45, 7) is 4.30. The van der Waals surface area contributed by atoms with E-state index in [1.165, 1.54) is 0 Å². The summed E-state index contributed by atoms with van der Waals surface area (Å²) in [6.07, 6.45) is -0.471. The van der Waals surface area contributed by atoms with E-state index in [0.29, 0.717) is 6.61 Å². The van der Waals surface area contributed by atoms with Gasteiger partial charge in [-0.15, -0.1) is 0 Å². The van der Waals surface area contributed by atoms with Crippen molar-refractivity contribution in [2.24, 2.45) is 5.92 Å². The predicted octanol–water partition coefficient (Wildman–Crippen LogP) is -1.43. The van der Waals surface area contributed by atoms with Crippen LogP contribution in [0.4, 0.5) is 0 Å². The Balaban J connectivity index is 0.000000980. The molecule has 3 atom stereocenters. The minimum Gasteiger partial charge on any atom is -1.00 e. The van der Waals surface area contributed by atoms with E-state index in [9.17, 15) is 5.11 Å². The Morgan fingerprint density at radius 1 is 1.27 bits per heavy atom. The molecule has 4 heteroatoms. The first kappa shape index (κ1) is 15.6. The summed E-state index contributed by atoms with van der Waals surface area (Å²) in [5.74, 6) is -0.0533. The van der Waals surface area contributed by atoms with Crippen LogP contribution in [-0.4, -0.2) is 17.8 Å². The molecular weight excluding hydrogens is 445 g/mol. The van der Waals surface area contributed by atoms with E-state index in [0.717, 1.165) is 5.56 Å². The van der Waals surface area contributed by atoms with Gasteiger partial charge in [0.1, 0.15) is 0 Å². The fourth-order valence-electron chi connectivity index (χ4n) is 1.64. The van der Waals surface area contributed by atoms with Gasteiger partial charge in [-0.3, -0.25) is 0 Å². The normalized spacial score (nSPS) is 29.1. The molecule has 15 heavy (non-hydrogen) atoms. The van der Waals surface area contributed by atoms with Crippen molar-refractivity contribution >= 4 is 0 Å². The Kier molecular flexibility index (Phi) is 7.25. The second-order valence-corrected chi connectivity index (χ2v) is 3.40. The molecule has 0 bridgehead atoms. The van der Waals surface area contributed by atoms with Crippen molar-refractivity contribution in [3.8, 4) is 0 Å². The zero-order valence-corrected chi connectivity index (χ0v) is 15.6. The smallest absolute Gasteiger partial charge is 1.00 e. The molecule has 0 spiro atoms. The first-order valence-electron chi connectivity index (χ1n) is 4.47. The van der Waals surface area contributed by atoms with Crippen LogP contribution in [0.2, 0.25) is 0 Å². The monoisotopic (exact) mass is 458 g/mol. The SMILES string of the molecule is [Br-].[CH2][C@H]1[C@@H](O)CO[C@H]1c1ccccc1.[Hg+]. The van der Waals surface area contributed by atoms with Crippen molar-refractivity contribution in [1.82, 2.24) is 0 Å². The fraction of sp³-hybridized carbons (Fsp3) is 0.364. The van der Waals surface area contributed by atoms with Gasteiger partial charge in [-0.2, -0.15) is 0 Å². The van der Waals surface area contributed by atoms with E-state index in [2.05, 4.69) is 6.92 Å². The molecule has 0 amide bonds. The summed E-state index contributed by atoms with van der Waals surface area (Å²) in [7, 11) is 0. The third-order valence-electron chi connectivity index (χ3n) is 2.46. The Morgan fingerprint density at radius 2 is 1.87 bits per heavy atom. The molecule has 1 heterocycles. The third kappa shape index (κ3) is 3.51. The minimum atomic E-state index is -0.426. The van der Waals surface area contributed by atoms with Crippen molar-refractivity contribution < 1.29 is 54.5 Å². The largest absolute Gasteiger partial charge is 1.00 e. The molecule has 0 aromatic heterocycles. The average molecular weight is 458 g/mol. The van der Waals surface area contributed by atoms with Gasteiger partial charge in [0.05, 0.1) is 18.8 Å². The molecule has 1 N–H and O–H groups in total. The summed E-state index contributed by atoms with van der Waals surface area (Å²) >= 11 is 0. The third-order valence-corrected chi connectivity index (χ3v) is 2.46. The number of halogens is 1. The maximum Gasteiger partial charge on any atom is 1.00 e. The Labute approximate surface area is 121 Å². The second-order valence-electron chi connectivity index (χ2n) is 3.40. The van der Waals surface area contributed by atoms with Crippen LogP contribution in [0.25, 0.3) is 0 Å². The number of ether oxygens (including phenoxy) is 1.